The molecule has 0 aromatic rings. The fourth-order valence-electron chi connectivity index (χ4n) is 2.52. The first-order valence-corrected chi connectivity index (χ1v) is 7.70. The lowest BCUT2D eigenvalue weighted by molar-refractivity contribution is -0.118. The maximum absolute atomic E-state index is 12.2. The Balaban J connectivity index is 2.67. The number of nitrogens with two attached hydrogens (primary N) is 2. The highest BCUT2D eigenvalue weighted by atomic mass is 16.2. The van der Waals surface area contributed by atoms with Crippen molar-refractivity contribution in [2.45, 2.75) is 46.7 Å². The number of amides is 1. The van der Waals surface area contributed by atoms with Crippen molar-refractivity contribution in [2.24, 2.45) is 23.3 Å². The highest BCUT2D eigenvalue weighted by molar-refractivity contribution is 5.93. The van der Waals surface area contributed by atoms with Crippen molar-refractivity contribution >= 4 is 5.91 Å². The zero-order chi connectivity index (χ0) is 16.2. The molecular weight excluding hydrogens is 264 g/mol. The molecular formula is C16H30N4O. The van der Waals surface area contributed by atoms with E-state index in [4.69, 9.17) is 11.5 Å². The molecule has 2 atom stereocenters. The lowest BCUT2D eigenvalue weighted by Crippen LogP contribution is -2.42. The zero-order valence-electron chi connectivity index (χ0n) is 13.9. The average Bonchev–Trinajstić information content (AvgIpc) is 2.76. The minimum atomic E-state index is -0.211. The van der Waals surface area contributed by atoms with Gasteiger partial charge in [0.25, 0.3) is 5.91 Å². The third-order valence-corrected chi connectivity index (χ3v) is 4.13. The molecule has 0 aromatic heterocycles. The van der Waals surface area contributed by atoms with Gasteiger partial charge in [0.15, 0.2) is 0 Å². The Morgan fingerprint density at radius 3 is 2.33 bits per heavy atom. The molecule has 21 heavy (non-hydrogen) atoms. The molecule has 1 fully saturated rings. The summed E-state index contributed by atoms with van der Waals surface area (Å²) < 4.78 is 0. The third-order valence-electron chi connectivity index (χ3n) is 4.13. The van der Waals surface area contributed by atoms with Gasteiger partial charge in [0, 0.05) is 25.2 Å². The van der Waals surface area contributed by atoms with Gasteiger partial charge in [-0.05, 0) is 43.5 Å². The van der Waals surface area contributed by atoms with Crippen LogP contribution in [0.25, 0.3) is 0 Å². The Morgan fingerprint density at radius 1 is 1.29 bits per heavy atom. The summed E-state index contributed by atoms with van der Waals surface area (Å²) in [4.78, 5) is 14.6. The monoisotopic (exact) mass is 294 g/mol. The van der Waals surface area contributed by atoms with Crippen LogP contribution in [0.1, 0.15) is 34.6 Å². The maximum atomic E-state index is 12.2. The molecule has 0 aromatic carbocycles. The van der Waals surface area contributed by atoms with Crippen molar-refractivity contribution in [1.29, 1.82) is 0 Å². The number of carbonyl (C=O) groups is 1. The van der Waals surface area contributed by atoms with Gasteiger partial charge in [-0.15, -0.1) is 0 Å². The molecule has 1 heterocycles. The van der Waals surface area contributed by atoms with Crippen LogP contribution in [0.2, 0.25) is 0 Å². The predicted molar refractivity (Wildman–Crippen MR) is 87.2 cm³/mol. The quantitative estimate of drug-likeness (QED) is 0.525. The van der Waals surface area contributed by atoms with Crippen LogP contribution >= 0.6 is 0 Å². The Labute approximate surface area is 128 Å². The summed E-state index contributed by atoms with van der Waals surface area (Å²) in [5.41, 5.74) is 12.5. The van der Waals surface area contributed by atoms with E-state index >= 15 is 0 Å². The lowest BCUT2D eigenvalue weighted by Gasteiger charge is -2.20. The molecule has 1 aliphatic heterocycles. The summed E-state index contributed by atoms with van der Waals surface area (Å²) in [5.74, 6) is 0.458. The van der Waals surface area contributed by atoms with Gasteiger partial charge in [0.05, 0.1) is 5.70 Å². The topological polar surface area (TPSA) is 84.4 Å². The summed E-state index contributed by atoms with van der Waals surface area (Å²) in [6.45, 7) is 12.4. The van der Waals surface area contributed by atoms with Gasteiger partial charge in [0.1, 0.15) is 0 Å². The number of allylic oxidation sites excluding steroid dienone is 2. The van der Waals surface area contributed by atoms with E-state index in [1.807, 2.05) is 13.8 Å². The molecule has 1 aliphatic rings. The predicted octanol–water partition coefficient (Wildman–Crippen LogP) is 1.17. The molecule has 1 rings (SSSR count). The van der Waals surface area contributed by atoms with Crippen molar-refractivity contribution in [3.05, 3.63) is 23.5 Å². The van der Waals surface area contributed by atoms with Gasteiger partial charge in [-0.2, -0.15) is 0 Å². The lowest BCUT2D eigenvalue weighted by atomic mass is 10.0. The van der Waals surface area contributed by atoms with Crippen molar-refractivity contribution in [1.82, 2.24) is 10.2 Å². The SMILES string of the molecule is CC(C)C(/C=C(\N)C(=O)NC1CN(C(C)C)CC1C)=C/N. The van der Waals surface area contributed by atoms with Crippen LogP contribution in [0, 0.1) is 11.8 Å². The van der Waals surface area contributed by atoms with E-state index in [1.54, 1.807) is 6.08 Å². The number of hydrogen-bond donors (Lipinski definition) is 3. The Morgan fingerprint density at radius 2 is 1.90 bits per heavy atom. The zero-order valence-corrected chi connectivity index (χ0v) is 13.9. The standard InChI is InChI=1S/C16H30N4O/c1-10(2)13(7-17)6-14(18)16(21)19-15-9-20(11(3)4)8-12(15)5/h6-7,10-12,15H,8-9,17-18H2,1-5H3,(H,19,21)/b13-7+,14-6-. The van der Waals surface area contributed by atoms with Crippen LogP contribution < -0.4 is 16.8 Å². The summed E-state index contributed by atoms with van der Waals surface area (Å²) in [5, 5.41) is 3.04. The van der Waals surface area contributed by atoms with Crippen molar-refractivity contribution < 1.29 is 4.79 Å². The fourth-order valence-corrected chi connectivity index (χ4v) is 2.52. The largest absolute Gasteiger partial charge is 0.404 e. The number of nitrogens with one attached hydrogen (secondary N) is 1. The summed E-state index contributed by atoms with van der Waals surface area (Å²) in [6, 6.07) is 0.645. The Kier molecular flexibility index (Phi) is 6.27. The smallest absolute Gasteiger partial charge is 0.267 e. The van der Waals surface area contributed by atoms with Crippen molar-refractivity contribution in [3.63, 3.8) is 0 Å². The summed E-state index contributed by atoms with van der Waals surface area (Å²) in [7, 11) is 0. The number of carbonyl (C=O) groups excluding carboxylic acids is 1. The van der Waals surface area contributed by atoms with Gasteiger partial charge in [-0.25, -0.2) is 0 Å². The second kappa shape index (κ2) is 7.50. The van der Waals surface area contributed by atoms with Crippen molar-refractivity contribution in [2.75, 3.05) is 13.1 Å². The van der Waals surface area contributed by atoms with Crippen LogP contribution in [-0.4, -0.2) is 36.0 Å². The molecule has 0 bridgehead atoms. The first-order valence-electron chi connectivity index (χ1n) is 7.70. The molecule has 2 unspecified atom stereocenters. The number of rotatable bonds is 5. The third kappa shape index (κ3) is 4.77. The summed E-state index contributed by atoms with van der Waals surface area (Å²) >= 11 is 0. The van der Waals surface area contributed by atoms with Gasteiger partial charge >= 0.3 is 0 Å². The van der Waals surface area contributed by atoms with Crippen LogP contribution in [0.4, 0.5) is 0 Å². The highest BCUT2D eigenvalue weighted by Gasteiger charge is 2.32. The maximum Gasteiger partial charge on any atom is 0.267 e. The first kappa shape index (κ1) is 17.6. The Bertz CT molecular complexity index is 426. The van der Waals surface area contributed by atoms with Gasteiger partial charge in [0.2, 0.25) is 0 Å². The van der Waals surface area contributed by atoms with Crippen LogP contribution in [0.5, 0.6) is 0 Å². The molecule has 0 saturated carbocycles. The molecule has 5 N–H and O–H groups in total. The fraction of sp³-hybridized carbons (Fsp3) is 0.688. The molecule has 0 radical (unpaired) electrons. The van der Waals surface area contributed by atoms with E-state index in [-0.39, 0.29) is 23.6 Å². The van der Waals surface area contributed by atoms with Gasteiger partial charge < -0.3 is 16.8 Å². The molecule has 0 aliphatic carbocycles. The average molecular weight is 294 g/mol. The molecule has 1 saturated heterocycles. The molecule has 5 nitrogen and oxygen atoms in total. The molecule has 120 valence electrons. The van der Waals surface area contributed by atoms with Crippen LogP contribution in [0.3, 0.4) is 0 Å². The minimum Gasteiger partial charge on any atom is -0.404 e. The van der Waals surface area contributed by atoms with Gasteiger partial charge in [-0.1, -0.05) is 20.8 Å². The van der Waals surface area contributed by atoms with E-state index in [0.717, 1.165) is 18.7 Å². The van der Waals surface area contributed by atoms with E-state index in [2.05, 4.69) is 31.0 Å². The van der Waals surface area contributed by atoms with Gasteiger partial charge in [-0.3, -0.25) is 9.69 Å². The van der Waals surface area contributed by atoms with E-state index in [9.17, 15) is 4.79 Å². The normalized spacial score (nSPS) is 24.9. The second-order valence-electron chi connectivity index (χ2n) is 6.53. The number of hydrogen-bond acceptors (Lipinski definition) is 4. The number of nitrogens with zero attached hydrogens (tertiary/aromatic N) is 1. The molecule has 0 spiro atoms. The number of likely N-dealkylation sites (tertiary alicyclic amines) is 1. The van der Waals surface area contributed by atoms with Crippen LogP contribution in [-0.2, 0) is 4.79 Å². The highest BCUT2D eigenvalue weighted by Crippen LogP contribution is 2.19. The molecule has 1 amide bonds. The first-order chi connectivity index (χ1) is 9.76. The molecule has 5 heteroatoms. The van der Waals surface area contributed by atoms with E-state index in [1.165, 1.54) is 6.20 Å². The van der Waals surface area contributed by atoms with Crippen molar-refractivity contribution in [3.8, 4) is 0 Å². The van der Waals surface area contributed by atoms with E-state index < -0.39 is 0 Å². The Hall–Kier alpha value is -1.49. The minimum absolute atomic E-state index is 0.149. The van der Waals surface area contributed by atoms with Crippen LogP contribution in [0.15, 0.2) is 23.5 Å². The second-order valence-corrected chi connectivity index (χ2v) is 6.53. The summed E-state index contributed by atoms with van der Waals surface area (Å²) in [6.07, 6.45) is 3.17. The van der Waals surface area contributed by atoms with E-state index in [0.29, 0.717) is 12.0 Å².